The fourth-order valence-corrected chi connectivity index (χ4v) is 0.676. The molecule has 0 saturated carbocycles. The molecule has 0 heterocycles. The average Bonchev–Trinajstić information content (AvgIpc) is 2.01. The van der Waals surface area contributed by atoms with Crippen molar-refractivity contribution in [1.82, 2.24) is 10.6 Å². The number of rotatable bonds is 3. The monoisotopic (exact) mass is 161 g/mol. The summed E-state index contributed by atoms with van der Waals surface area (Å²) in [6, 6.07) is 0.123. The fourth-order valence-electron chi connectivity index (χ4n) is 0.676. The first-order valence-electron chi connectivity index (χ1n) is 3.39. The Labute approximate surface area is 66.4 Å². The molecule has 0 aromatic rings. The summed E-state index contributed by atoms with van der Waals surface area (Å²) in [5, 5.41) is 16.9. The first kappa shape index (κ1) is 10.0. The third-order valence-electron chi connectivity index (χ3n) is 1.14. The molecule has 5 nitrogen and oxygen atoms in total. The summed E-state index contributed by atoms with van der Waals surface area (Å²) in [6.07, 6.45) is 0. The maximum Gasteiger partial charge on any atom is 0.233 e. The van der Waals surface area contributed by atoms with Crippen LogP contribution >= 0.6 is 0 Å². The Morgan fingerprint density at radius 3 is 2.73 bits per heavy atom. The highest BCUT2D eigenvalue weighted by Crippen LogP contribution is 1.80. The molecule has 0 spiro atoms. The number of nitrogens with one attached hydrogen (secondary N) is 2. The predicted octanol–water partition coefficient (Wildman–Crippen LogP) is -0.424. The van der Waals surface area contributed by atoms with Gasteiger partial charge in [0.25, 0.3) is 0 Å². The number of hydrogen-bond acceptors (Lipinski definition) is 3. The Kier molecular flexibility index (Phi) is 5.28. The summed E-state index contributed by atoms with van der Waals surface area (Å²) >= 11 is 0. The lowest BCUT2D eigenvalue weighted by atomic mass is 10.4. The molecule has 66 valence electrons. The third kappa shape index (κ3) is 4.44. The van der Waals surface area contributed by atoms with Gasteiger partial charge in [-0.1, -0.05) is 5.16 Å². The van der Waals surface area contributed by atoms with Gasteiger partial charge in [0.2, 0.25) is 5.96 Å². The molecule has 0 rings (SSSR count). The zero-order chi connectivity index (χ0) is 8.69. The van der Waals surface area contributed by atoms with E-state index in [9.17, 15) is 0 Å². The van der Waals surface area contributed by atoms with Crippen LogP contribution in [0.1, 0.15) is 6.92 Å². The molecule has 1 atom stereocenters. The number of nitrogens with zero attached hydrogens (tertiary/aromatic N) is 1. The fraction of sp³-hybridized carbons (Fsp3) is 0.833. The first-order valence-corrected chi connectivity index (χ1v) is 3.39. The van der Waals surface area contributed by atoms with Crippen LogP contribution in [0.4, 0.5) is 0 Å². The molecule has 0 aliphatic rings. The van der Waals surface area contributed by atoms with Gasteiger partial charge >= 0.3 is 0 Å². The van der Waals surface area contributed by atoms with E-state index in [2.05, 4.69) is 15.8 Å². The summed E-state index contributed by atoms with van der Waals surface area (Å²) in [6.45, 7) is 2.49. The van der Waals surface area contributed by atoms with Crippen molar-refractivity contribution in [2.45, 2.75) is 13.0 Å². The van der Waals surface area contributed by atoms with Gasteiger partial charge < -0.3 is 20.6 Å². The molecule has 3 N–H and O–H groups in total. The van der Waals surface area contributed by atoms with Crippen molar-refractivity contribution in [3.63, 3.8) is 0 Å². The molecule has 1 unspecified atom stereocenters. The van der Waals surface area contributed by atoms with Crippen LogP contribution in [0.3, 0.4) is 0 Å². The maximum absolute atomic E-state index is 8.37. The van der Waals surface area contributed by atoms with Gasteiger partial charge in [0.1, 0.15) is 0 Å². The Bertz CT molecular complexity index is 127. The maximum atomic E-state index is 8.37. The van der Waals surface area contributed by atoms with Crippen LogP contribution in [-0.4, -0.2) is 38.0 Å². The van der Waals surface area contributed by atoms with Crippen LogP contribution < -0.4 is 10.6 Å². The van der Waals surface area contributed by atoms with Crippen LogP contribution in [0.15, 0.2) is 5.16 Å². The van der Waals surface area contributed by atoms with Gasteiger partial charge in [-0.05, 0) is 6.92 Å². The summed E-state index contributed by atoms with van der Waals surface area (Å²) in [5.41, 5.74) is 0. The molecule has 0 aliphatic carbocycles. The quantitative estimate of drug-likeness (QED) is 0.227. The van der Waals surface area contributed by atoms with Crippen LogP contribution in [0, 0.1) is 0 Å². The number of oxime groups is 1. The van der Waals surface area contributed by atoms with E-state index >= 15 is 0 Å². The predicted molar refractivity (Wildman–Crippen MR) is 42.8 cm³/mol. The first-order chi connectivity index (χ1) is 5.24. The van der Waals surface area contributed by atoms with Crippen molar-refractivity contribution in [2.75, 3.05) is 20.8 Å². The molecule has 0 bridgehead atoms. The van der Waals surface area contributed by atoms with Crippen molar-refractivity contribution in [3.8, 4) is 0 Å². The summed E-state index contributed by atoms with van der Waals surface area (Å²) in [5.74, 6) is 0.342. The third-order valence-corrected chi connectivity index (χ3v) is 1.14. The molecule has 0 aliphatic heterocycles. The van der Waals surface area contributed by atoms with E-state index in [-0.39, 0.29) is 6.04 Å². The minimum absolute atomic E-state index is 0.123. The van der Waals surface area contributed by atoms with Crippen molar-refractivity contribution >= 4 is 5.96 Å². The second-order valence-corrected chi connectivity index (χ2v) is 2.20. The normalized spacial score (nSPS) is 14.3. The Morgan fingerprint density at radius 2 is 2.36 bits per heavy atom. The van der Waals surface area contributed by atoms with Gasteiger partial charge in [-0.3, -0.25) is 0 Å². The molecule has 11 heavy (non-hydrogen) atoms. The van der Waals surface area contributed by atoms with Crippen LogP contribution in [-0.2, 0) is 4.74 Å². The molecule has 0 saturated heterocycles. The lowest BCUT2D eigenvalue weighted by Crippen LogP contribution is -2.42. The number of hydrogen-bond donors (Lipinski definition) is 3. The molecule has 0 radical (unpaired) electrons. The highest BCUT2D eigenvalue weighted by atomic mass is 16.5. The lowest BCUT2D eigenvalue weighted by Gasteiger charge is -2.13. The van der Waals surface area contributed by atoms with Crippen molar-refractivity contribution in [3.05, 3.63) is 0 Å². The smallest absolute Gasteiger partial charge is 0.233 e. The largest absolute Gasteiger partial charge is 0.408 e. The van der Waals surface area contributed by atoms with Gasteiger partial charge in [-0.25, -0.2) is 0 Å². The average molecular weight is 161 g/mol. The number of ether oxygens (including phenoxy) is 1. The molecular weight excluding hydrogens is 146 g/mol. The minimum Gasteiger partial charge on any atom is -0.408 e. The lowest BCUT2D eigenvalue weighted by molar-refractivity contribution is 0.178. The van der Waals surface area contributed by atoms with Crippen molar-refractivity contribution in [1.29, 1.82) is 0 Å². The Balaban J connectivity index is 3.63. The summed E-state index contributed by atoms with van der Waals surface area (Å²) in [4.78, 5) is 0. The van der Waals surface area contributed by atoms with Crippen LogP contribution in [0.5, 0.6) is 0 Å². The van der Waals surface area contributed by atoms with Gasteiger partial charge in [0.15, 0.2) is 0 Å². The van der Waals surface area contributed by atoms with E-state index in [4.69, 9.17) is 9.94 Å². The summed E-state index contributed by atoms with van der Waals surface area (Å²) in [7, 11) is 3.29. The second kappa shape index (κ2) is 5.79. The molecular formula is C6H15N3O2. The summed E-state index contributed by atoms with van der Waals surface area (Å²) < 4.78 is 4.87. The van der Waals surface area contributed by atoms with Gasteiger partial charge in [-0.15, -0.1) is 0 Å². The highest BCUT2D eigenvalue weighted by Gasteiger charge is 2.02. The van der Waals surface area contributed by atoms with E-state index in [1.165, 1.54) is 0 Å². The van der Waals surface area contributed by atoms with Gasteiger partial charge in [0.05, 0.1) is 6.61 Å². The van der Waals surface area contributed by atoms with E-state index in [1.807, 2.05) is 6.92 Å². The second-order valence-electron chi connectivity index (χ2n) is 2.20. The molecule has 0 aromatic heterocycles. The van der Waals surface area contributed by atoms with Gasteiger partial charge in [0, 0.05) is 20.2 Å². The molecule has 0 fully saturated rings. The van der Waals surface area contributed by atoms with Gasteiger partial charge in [-0.2, -0.15) is 0 Å². The Hall–Kier alpha value is -0.970. The Morgan fingerprint density at radius 1 is 1.73 bits per heavy atom. The molecule has 0 aromatic carbocycles. The topological polar surface area (TPSA) is 65.9 Å². The minimum atomic E-state index is 0.123. The number of guanidine groups is 1. The zero-order valence-corrected chi connectivity index (χ0v) is 7.09. The standard InChI is InChI=1S/C6H15N3O2/c1-5(4-11-3)8-6(7-2)9-10/h5,10H,4H2,1-3H3,(H2,7,8,9). The van der Waals surface area contributed by atoms with Crippen molar-refractivity contribution in [2.24, 2.45) is 5.16 Å². The van der Waals surface area contributed by atoms with E-state index in [0.29, 0.717) is 12.6 Å². The van der Waals surface area contributed by atoms with Crippen LogP contribution in [0.2, 0.25) is 0 Å². The highest BCUT2D eigenvalue weighted by molar-refractivity contribution is 5.79. The zero-order valence-electron chi connectivity index (χ0n) is 7.09. The molecule has 5 heteroatoms. The number of methoxy groups -OCH3 is 1. The van der Waals surface area contributed by atoms with Crippen LogP contribution in [0.25, 0.3) is 0 Å². The van der Waals surface area contributed by atoms with E-state index in [0.717, 1.165) is 0 Å². The van der Waals surface area contributed by atoms with E-state index < -0.39 is 0 Å². The van der Waals surface area contributed by atoms with E-state index in [1.54, 1.807) is 14.2 Å². The molecule has 0 amide bonds. The van der Waals surface area contributed by atoms with Crippen molar-refractivity contribution < 1.29 is 9.94 Å². The SMILES string of the molecule is CN/C(=N\O)NC(C)COC.